The van der Waals surface area contributed by atoms with Crippen LogP contribution in [0.4, 0.5) is 0 Å². The normalized spacial score (nSPS) is 11.0. The van der Waals surface area contributed by atoms with Gasteiger partial charge in [0.2, 0.25) is 0 Å². The van der Waals surface area contributed by atoms with Crippen LogP contribution in [-0.2, 0) is 12.8 Å². The van der Waals surface area contributed by atoms with Crippen LogP contribution in [0.3, 0.4) is 0 Å². The first-order chi connectivity index (χ1) is 11.2. The molecule has 1 heterocycles. The molecule has 0 radical (unpaired) electrons. The standard InChI is InChI=1S/C19H34N2O2/c1-3-5-6-7-8-9-10-11-12-13-14-15-17-16(4-2)18(19(22)23)21-20-17/h3-15H2,1-2H3,(H,20,21)(H,22,23). The molecule has 1 rings (SSSR count). The van der Waals surface area contributed by atoms with Crippen molar-refractivity contribution >= 4 is 5.97 Å². The van der Waals surface area contributed by atoms with Crippen molar-refractivity contribution in [2.75, 3.05) is 0 Å². The summed E-state index contributed by atoms with van der Waals surface area (Å²) in [5.41, 5.74) is 2.09. The Bertz CT molecular complexity index is 441. The highest BCUT2D eigenvalue weighted by molar-refractivity contribution is 5.87. The number of carboxylic acid groups (broad SMARTS) is 1. The van der Waals surface area contributed by atoms with Gasteiger partial charge in [0, 0.05) is 11.3 Å². The van der Waals surface area contributed by atoms with Crippen molar-refractivity contribution < 1.29 is 9.90 Å². The number of nitrogens with one attached hydrogen (secondary N) is 1. The summed E-state index contributed by atoms with van der Waals surface area (Å²) >= 11 is 0. The van der Waals surface area contributed by atoms with Crippen LogP contribution >= 0.6 is 0 Å². The van der Waals surface area contributed by atoms with Crippen molar-refractivity contribution in [3.05, 3.63) is 17.0 Å². The van der Waals surface area contributed by atoms with E-state index < -0.39 is 5.97 Å². The quantitative estimate of drug-likeness (QED) is 0.443. The number of nitrogens with zero attached hydrogens (tertiary/aromatic N) is 1. The van der Waals surface area contributed by atoms with Gasteiger partial charge in [-0.15, -0.1) is 0 Å². The summed E-state index contributed by atoms with van der Waals surface area (Å²) in [6.45, 7) is 4.25. The molecular weight excluding hydrogens is 288 g/mol. The minimum atomic E-state index is -0.928. The van der Waals surface area contributed by atoms with Crippen molar-refractivity contribution in [3.8, 4) is 0 Å². The van der Waals surface area contributed by atoms with E-state index in [0.717, 1.165) is 30.5 Å². The predicted octanol–water partition coefficient (Wildman–Crippen LogP) is 5.52. The zero-order valence-corrected chi connectivity index (χ0v) is 15.0. The van der Waals surface area contributed by atoms with E-state index in [0.29, 0.717) is 0 Å². The summed E-state index contributed by atoms with van der Waals surface area (Å²) in [6, 6.07) is 0. The third-order valence-corrected chi connectivity index (χ3v) is 4.54. The molecule has 4 heteroatoms. The van der Waals surface area contributed by atoms with E-state index >= 15 is 0 Å². The SMILES string of the molecule is CCCCCCCCCCCCCc1[nH]nc(C(=O)O)c1CC. The summed E-state index contributed by atoms with van der Waals surface area (Å²) in [7, 11) is 0. The Kier molecular flexibility index (Phi) is 10.4. The second-order valence-corrected chi connectivity index (χ2v) is 6.47. The number of aromatic carboxylic acids is 1. The van der Waals surface area contributed by atoms with Crippen LogP contribution in [-0.4, -0.2) is 21.3 Å². The van der Waals surface area contributed by atoms with Gasteiger partial charge in [0.05, 0.1) is 0 Å². The van der Waals surface area contributed by atoms with E-state index in [1.54, 1.807) is 0 Å². The average Bonchev–Trinajstić information content (AvgIpc) is 2.95. The third-order valence-electron chi connectivity index (χ3n) is 4.54. The fourth-order valence-corrected chi connectivity index (χ4v) is 3.13. The van der Waals surface area contributed by atoms with Crippen molar-refractivity contribution in [1.82, 2.24) is 10.2 Å². The Balaban J connectivity index is 2.06. The highest BCUT2D eigenvalue weighted by Crippen LogP contribution is 2.16. The smallest absolute Gasteiger partial charge is 0.356 e. The molecule has 0 saturated heterocycles. The van der Waals surface area contributed by atoms with E-state index in [2.05, 4.69) is 17.1 Å². The molecule has 4 nitrogen and oxygen atoms in total. The highest BCUT2D eigenvalue weighted by atomic mass is 16.4. The lowest BCUT2D eigenvalue weighted by molar-refractivity contribution is 0.0689. The topological polar surface area (TPSA) is 66.0 Å². The monoisotopic (exact) mass is 322 g/mol. The minimum Gasteiger partial charge on any atom is -0.476 e. The zero-order valence-electron chi connectivity index (χ0n) is 15.0. The first-order valence-electron chi connectivity index (χ1n) is 9.50. The Labute approximate surface area is 141 Å². The van der Waals surface area contributed by atoms with E-state index in [9.17, 15) is 4.79 Å². The first kappa shape index (κ1) is 19.7. The first-order valence-corrected chi connectivity index (χ1v) is 9.50. The molecule has 1 aromatic heterocycles. The lowest BCUT2D eigenvalue weighted by Crippen LogP contribution is -2.01. The number of carbonyl (C=O) groups is 1. The van der Waals surface area contributed by atoms with Crippen LogP contribution in [0.5, 0.6) is 0 Å². The molecule has 0 saturated carbocycles. The van der Waals surface area contributed by atoms with E-state index in [1.165, 1.54) is 64.2 Å². The summed E-state index contributed by atoms with van der Waals surface area (Å²) in [6.07, 6.45) is 16.3. The van der Waals surface area contributed by atoms with Gasteiger partial charge in [0.25, 0.3) is 0 Å². The van der Waals surface area contributed by atoms with Gasteiger partial charge in [-0.3, -0.25) is 5.10 Å². The van der Waals surface area contributed by atoms with Crippen LogP contribution in [0, 0.1) is 0 Å². The molecule has 23 heavy (non-hydrogen) atoms. The minimum absolute atomic E-state index is 0.200. The van der Waals surface area contributed by atoms with Gasteiger partial charge in [-0.05, 0) is 19.3 Å². The number of aryl methyl sites for hydroxylation is 1. The molecular formula is C19H34N2O2. The van der Waals surface area contributed by atoms with Crippen LogP contribution in [0.2, 0.25) is 0 Å². The number of unbranched alkanes of at least 4 members (excludes halogenated alkanes) is 10. The van der Waals surface area contributed by atoms with Gasteiger partial charge in [-0.2, -0.15) is 5.10 Å². The fraction of sp³-hybridized carbons (Fsp3) is 0.789. The molecule has 0 bridgehead atoms. The van der Waals surface area contributed by atoms with Crippen molar-refractivity contribution in [1.29, 1.82) is 0 Å². The number of aromatic nitrogens is 2. The Morgan fingerprint density at radius 3 is 1.91 bits per heavy atom. The maximum atomic E-state index is 11.1. The fourth-order valence-electron chi connectivity index (χ4n) is 3.13. The van der Waals surface area contributed by atoms with Crippen molar-refractivity contribution in [3.63, 3.8) is 0 Å². The van der Waals surface area contributed by atoms with E-state index in [-0.39, 0.29) is 5.69 Å². The maximum absolute atomic E-state index is 11.1. The maximum Gasteiger partial charge on any atom is 0.356 e. The van der Waals surface area contributed by atoms with Gasteiger partial charge in [0.15, 0.2) is 5.69 Å². The van der Waals surface area contributed by atoms with Gasteiger partial charge in [0.1, 0.15) is 0 Å². The molecule has 0 aliphatic carbocycles. The van der Waals surface area contributed by atoms with Crippen LogP contribution in [0.1, 0.15) is 106 Å². The van der Waals surface area contributed by atoms with E-state index in [1.807, 2.05) is 6.92 Å². The number of H-pyrrole nitrogens is 1. The van der Waals surface area contributed by atoms with Gasteiger partial charge >= 0.3 is 5.97 Å². The Morgan fingerprint density at radius 1 is 0.913 bits per heavy atom. The van der Waals surface area contributed by atoms with Gasteiger partial charge < -0.3 is 5.11 Å². The molecule has 0 spiro atoms. The van der Waals surface area contributed by atoms with Crippen LogP contribution < -0.4 is 0 Å². The Morgan fingerprint density at radius 2 is 1.43 bits per heavy atom. The average molecular weight is 322 g/mol. The largest absolute Gasteiger partial charge is 0.476 e. The second-order valence-electron chi connectivity index (χ2n) is 6.47. The zero-order chi connectivity index (χ0) is 16.9. The van der Waals surface area contributed by atoms with Crippen molar-refractivity contribution in [2.24, 2.45) is 0 Å². The summed E-state index contributed by atoms with van der Waals surface area (Å²) in [5, 5.41) is 15.9. The highest BCUT2D eigenvalue weighted by Gasteiger charge is 2.16. The predicted molar refractivity (Wildman–Crippen MR) is 95.1 cm³/mol. The third kappa shape index (κ3) is 7.67. The number of rotatable bonds is 14. The van der Waals surface area contributed by atoms with Crippen LogP contribution in [0.25, 0.3) is 0 Å². The molecule has 132 valence electrons. The summed E-state index contributed by atoms with van der Waals surface area (Å²) < 4.78 is 0. The lowest BCUT2D eigenvalue weighted by Gasteiger charge is -2.03. The van der Waals surface area contributed by atoms with Crippen molar-refractivity contribution in [2.45, 2.75) is 97.3 Å². The molecule has 0 amide bonds. The summed E-state index contributed by atoms with van der Waals surface area (Å²) in [4.78, 5) is 11.1. The molecule has 1 aromatic rings. The van der Waals surface area contributed by atoms with Gasteiger partial charge in [-0.1, -0.05) is 78.1 Å². The Hall–Kier alpha value is -1.32. The lowest BCUT2D eigenvalue weighted by atomic mass is 10.0. The number of aromatic amines is 1. The van der Waals surface area contributed by atoms with Gasteiger partial charge in [-0.25, -0.2) is 4.79 Å². The van der Waals surface area contributed by atoms with Crippen LogP contribution in [0.15, 0.2) is 0 Å². The molecule has 0 fully saturated rings. The summed E-state index contributed by atoms with van der Waals surface area (Å²) in [5.74, 6) is -0.928. The number of carboxylic acids is 1. The molecule has 0 aliphatic rings. The number of hydrogen-bond donors (Lipinski definition) is 2. The second kappa shape index (κ2) is 12.1. The molecule has 0 atom stereocenters. The molecule has 0 aliphatic heterocycles. The molecule has 0 unspecified atom stereocenters. The molecule has 2 N–H and O–H groups in total. The van der Waals surface area contributed by atoms with E-state index in [4.69, 9.17) is 5.11 Å². The number of hydrogen-bond acceptors (Lipinski definition) is 2. The molecule has 0 aromatic carbocycles.